The first-order chi connectivity index (χ1) is 11.7. The lowest BCUT2D eigenvalue weighted by molar-refractivity contribution is 0.0517. The number of carbonyl (C=O) groups is 2. The summed E-state index contributed by atoms with van der Waals surface area (Å²) in [5.41, 5.74) is 0.999. The molecular formula is C19H26N2O3. The molecule has 24 heavy (non-hydrogen) atoms. The average molecular weight is 330 g/mol. The van der Waals surface area contributed by atoms with Crippen LogP contribution in [0.5, 0.6) is 0 Å². The zero-order valence-corrected chi connectivity index (χ0v) is 14.4. The van der Waals surface area contributed by atoms with Crippen molar-refractivity contribution in [3.05, 3.63) is 35.4 Å². The van der Waals surface area contributed by atoms with E-state index in [0.717, 1.165) is 6.54 Å². The summed E-state index contributed by atoms with van der Waals surface area (Å²) in [5, 5.41) is 0. The molecule has 1 aliphatic carbocycles. The van der Waals surface area contributed by atoms with Gasteiger partial charge < -0.3 is 9.64 Å². The van der Waals surface area contributed by atoms with Crippen molar-refractivity contribution >= 4 is 11.8 Å². The second kappa shape index (κ2) is 7.90. The van der Waals surface area contributed by atoms with E-state index in [9.17, 15) is 9.59 Å². The van der Waals surface area contributed by atoms with Crippen molar-refractivity contribution < 1.29 is 14.3 Å². The third-order valence-corrected chi connectivity index (χ3v) is 5.12. The second-order valence-corrected chi connectivity index (χ2v) is 6.69. The third kappa shape index (κ3) is 3.68. The maximum Gasteiger partial charge on any atom is 0.261 e. The van der Waals surface area contributed by atoms with Crippen molar-refractivity contribution in [2.45, 2.75) is 38.1 Å². The first-order valence-electron chi connectivity index (χ1n) is 8.91. The highest BCUT2D eigenvalue weighted by Gasteiger charge is 2.34. The summed E-state index contributed by atoms with van der Waals surface area (Å²) < 4.78 is 5.66. The summed E-state index contributed by atoms with van der Waals surface area (Å²) in [7, 11) is 2.16. The van der Waals surface area contributed by atoms with Crippen LogP contribution < -0.4 is 0 Å². The Bertz CT molecular complexity index is 561. The van der Waals surface area contributed by atoms with Gasteiger partial charge in [0.15, 0.2) is 0 Å². The number of nitrogens with zero attached hydrogens (tertiary/aromatic N) is 2. The molecule has 0 saturated heterocycles. The Balaban J connectivity index is 1.38. The summed E-state index contributed by atoms with van der Waals surface area (Å²) in [6, 6.07) is 7.65. The average Bonchev–Trinajstić information content (AvgIpc) is 2.87. The maximum absolute atomic E-state index is 12.2. The van der Waals surface area contributed by atoms with E-state index in [4.69, 9.17) is 4.74 Å². The molecule has 5 heteroatoms. The fourth-order valence-corrected chi connectivity index (χ4v) is 3.61. The second-order valence-electron chi connectivity index (χ2n) is 6.69. The number of carbonyl (C=O) groups excluding carboxylic acids is 2. The van der Waals surface area contributed by atoms with Crippen LogP contribution in [0.3, 0.4) is 0 Å². The minimum Gasteiger partial charge on any atom is -0.378 e. The first kappa shape index (κ1) is 17.1. The Morgan fingerprint density at radius 3 is 2.29 bits per heavy atom. The van der Waals surface area contributed by atoms with Gasteiger partial charge in [0.2, 0.25) is 0 Å². The number of imide groups is 1. The number of hydrogen-bond donors (Lipinski definition) is 0. The van der Waals surface area contributed by atoms with Gasteiger partial charge in [0.25, 0.3) is 11.8 Å². The minimum atomic E-state index is -0.210. The van der Waals surface area contributed by atoms with Crippen LogP contribution in [0.1, 0.15) is 52.8 Å². The topological polar surface area (TPSA) is 49.9 Å². The molecule has 5 nitrogen and oxygen atoms in total. The van der Waals surface area contributed by atoms with Crippen molar-refractivity contribution in [1.82, 2.24) is 9.80 Å². The maximum atomic E-state index is 12.2. The van der Waals surface area contributed by atoms with E-state index in [1.165, 1.54) is 37.0 Å². The minimum absolute atomic E-state index is 0.210. The molecule has 0 spiro atoms. The number of benzene rings is 1. The Morgan fingerprint density at radius 2 is 1.67 bits per heavy atom. The van der Waals surface area contributed by atoms with Gasteiger partial charge >= 0.3 is 0 Å². The molecule has 1 aromatic carbocycles. The van der Waals surface area contributed by atoms with Gasteiger partial charge in [-0.1, -0.05) is 31.4 Å². The van der Waals surface area contributed by atoms with Crippen molar-refractivity contribution in [3.63, 3.8) is 0 Å². The molecule has 2 aliphatic rings. The molecule has 0 bridgehead atoms. The molecule has 1 fully saturated rings. The lowest BCUT2D eigenvalue weighted by Crippen LogP contribution is -2.36. The van der Waals surface area contributed by atoms with Crippen LogP contribution in [0.15, 0.2) is 24.3 Å². The number of ether oxygens (including phenoxy) is 1. The van der Waals surface area contributed by atoms with E-state index in [2.05, 4.69) is 11.9 Å². The summed E-state index contributed by atoms with van der Waals surface area (Å²) >= 11 is 0. The van der Waals surface area contributed by atoms with Gasteiger partial charge in [0, 0.05) is 12.6 Å². The third-order valence-electron chi connectivity index (χ3n) is 5.12. The first-order valence-corrected chi connectivity index (χ1v) is 8.91. The fourth-order valence-electron chi connectivity index (χ4n) is 3.61. The van der Waals surface area contributed by atoms with Crippen LogP contribution in [-0.4, -0.2) is 61.0 Å². The summed E-state index contributed by atoms with van der Waals surface area (Å²) in [6.45, 7) is 2.24. The van der Waals surface area contributed by atoms with Crippen LogP contribution >= 0.6 is 0 Å². The summed E-state index contributed by atoms with van der Waals surface area (Å²) in [6.07, 6.45) is 6.59. The molecule has 0 N–H and O–H groups in total. The molecule has 0 radical (unpaired) electrons. The Hall–Kier alpha value is -1.72. The molecule has 1 aromatic rings. The van der Waals surface area contributed by atoms with Crippen molar-refractivity contribution in [2.75, 3.05) is 33.4 Å². The van der Waals surface area contributed by atoms with E-state index in [1.807, 2.05) is 0 Å². The van der Waals surface area contributed by atoms with Gasteiger partial charge in [0.1, 0.15) is 0 Å². The van der Waals surface area contributed by atoms with E-state index in [0.29, 0.717) is 36.9 Å². The van der Waals surface area contributed by atoms with Crippen molar-refractivity contribution in [3.8, 4) is 0 Å². The molecule has 0 unspecified atom stereocenters. The number of fused-ring (bicyclic) bond motifs is 1. The number of rotatable bonds is 7. The van der Waals surface area contributed by atoms with Crippen LogP contribution in [0.4, 0.5) is 0 Å². The van der Waals surface area contributed by atoms with Gasteiger partial charge in [-0.05, 0) is 32.0 Å². The molecule has 1 saturated carbocycles. The van der Waals surface area contributed by atoms with Crippen molar-refractivity contribution in [1.29, 1.82) is 0 Å². The zero-order valence-electron chi connectivity index (χ0n) is 14.4. The van der Waals surface area contributed by atoms with Gasteiger partial charge in [-0.15, -0.1) is 0 Å². The Morgan fingerprint density at radius 1 is 1.04 bits per heavy atom. The van der Waals surface area contributed by atoms with Crippen molar-refractivity contribution in [2.24, 2.45) is 0 Å². The van der Waals surface area contributed by atoms with Gasteiger partial charge in [-0.2, -0.15) is 0 Å². The SMILES string of the molecule is CN(CCOCCN1C(=O)c2ccccc2C1=O)C1CCCCC1. The largest absolute Gasteiger partial charge is 0.378 e. The van der Waals surface area contributed by atoms with Crippen LogP contribution in [-0.2, 0) is 4.74 Å². The number of likely N-dealkylation sites (N-methyl/N-ethyl adjacent to an activating group) is 1. The Kier molecular flexibility index (Phi) is 5.63. The quantitative estimate of drug-likeness (QED) is 0.569. The van der Waals surface area contributed by atoms with E-state index >= 15 is 0 Å². The lowest BCUT2D eigenvalue weighted by atomic mass is 9.94. The standard InChI is InChI=1S/C19H26N2O3/c1-20(15-7-3-2-4-8-15)11-13-24-14-12-21-18(22)16-9-5-6-10-17(16)19(21)23/h5-6,9-10,15H,2-4,7-8,11-14H2,1H3. The Labute approximate surface area is 143 Å². The smallest absolute Gasteiger partial charge is 0.261 e. The summed E-state index contributed by atoms with van der Waals surface area (Å²) in [4.78, 5) is 28.1. The number of amides is 2. The summed E-state index contributed by atoms with van der Waals surface area (Å²) in [5.74, 6) is -0.419. The molecule has 130 valence electrons. The van der Waals surface area contributed by atoms with Gasteiger partial charge in [-0.25, -0.2) is 0 Å². The fraction of sp³-hybridized carbons (Fsp3) is 0.579. The van der Waals surface area contributed by atoms with E-state index < -0.39 is 0 Å². The lowest BCUT2D eigenvalue weighted by Gasteiger charge is -2.31. The van der Waals surface area contributed by atoms with Crippen LogP contribution in [0, 0.1) is 0 Å². The van der Waals surface area contributed by atoms with E-state index in [-0.39, 0.29) is 11.8 Å². The highest BCUT2D eigenvalue weighted by atomic mass is 16.5. The van der Waals surface area contributed by atoms with Crippen LogP contribution in [0.25, 0.3) is 0 Å². The molecule has 2 amide bonds. The monoisotopic (exact) mass is 330 g/mol. The normalized spacial score (nSPS) is 18.5. The van der Waals surface area contributed by atoms with E-state index in [1.54, 1.807) is 24.3 Å². The highest BCUT2D eigenvalue weighted by molar-refractivity contribution is 6.21. The van der Waals surface area contributed by atoms with Crippen LogP contribution in [0.2, 0.25) is 0 Å². The molecule has 0 aromatic heterocycles. The van der Waals surface area contributed by atoms with Gasteiger partial charge in [0.05, 0.1) is 30.9 Å². The van der Waals surface area contributed by atoms with Gasteiger partial charge in [-0.3, -0.25) is 14.5 Å². The molecular weight excluding hydrogens is 304 g/mol. The predicted molar refractivity (Wildman–Crippen MR) is 92.1 cm³/mol. The highest BCUT2D eigenvalue weighted by Crippen LogP contribution is 2.22. The number of hydrogen-bond acceptors (Lipinski definition) is 4. The molecule has 1 aliphatic heterocycles. The molecule has 0 atom stereocenters. The molecule has 1 heterocycles. The zero-order chi connectivity index (χ0) is 16.9. The molecule has 3 rings (SSSR count). The predicted octanol–water partition coefficient (Wildman–Crippen LogP) is 2.56.